The zero-order valence-electron chi connectivity index (χ0n) is 12.8. The van der Waals surface area contributed by atoms with E-state index in [0.717, 1.165) is 23.7 Å². The SMILES string of the molecule is CN(C(=O)c1ccc2ccccc2n1)C1CC2CCC(C1)N2. The highest BCUT2D eigenvalue weighted by Crippen LogP contribution is 2.29. The minimum absolute atomic E-state index is 0.0389. The predicted octanol–water partition coefficient (Wildman–Crippen LogP) is 2.59. The first-order valence-corrected chi connectivity index (χ1v) is 8.10. The Bertz CT molecular complexity index is 702. The topological polar surface area (TPSA) is 45.2 Å². The smallest absolute Gasteiger partial charge is 0.272 e. The first-order chi connectivity index (χ1) is 10.7. The number of pyridine rings is 1. The van der Waals surface area contributed by atoms with Gasteiger partial charge in [0.2, 0.25) is 0 Å². The van der Waals surface area contributed by atoms with Crippen LogP contribution in [0.25, 0.3) is 10.9 Å². The van der Waals surface area contributed by atoms with Crippen LogP contribution < -0.4 is 5.32 Å². The van der Waals surface area contributed by atoms with E-state index in [1.807, 2.05) is 48.3 Å². The van der Waals surface area contributed by atoms with Crippen LogP contribution in [0.4, 0.5) is 0 Å². The van der Waals surface area contributed by atoms with E-state index in [2.05, 4.69) is 10.3 Å². The van der Waals surface area contributed by atoms with Gasteiger partial charge in [-0.05, 0) is 37.8 Å². The number of aromatic nitrogens is 1. The number of para-hydroxylation sites is 1. The molecule has 4 rings (SSSR count). The Labute approximate surface area is 130 Å². The number of benzene rings is 1. The van der Waals surface area contributed by atoms with Gasteiger partial charge in [0.05, 0.1) is 5.52 Å². The fraction of sp³-hybridized carbons (Fsp3) is 0.444. The number of piperidine rings is 1. The average Bonchev–Trinajstić information content (AvgIpc) is 2.91. The van der Waals surface area contributed by atoms with E-state index in [1.165, 1.54) is 12.8 Å². The first-order valence-electron chi connectivity index (χ1n) is 8.10. The van der Waals surface area contributed by atoms with E-state index in [9.17, 15) is 4.79 Å². The van der Waals surface area contributed by atoms with Gasteiger partial charge in [-0.3, -0.25) is 4.79 Å². The number of rotatable bonds is 2. The van der Waals surface area contributed by atoms with Crippen molar-refractivity contribution >= 4 is 16.8 Å². The highest BCUT2D eigenvalue weighted by molar-refractivity contribution is 5.94. The summed E-state index contributed by atoms with van der Waals surface area (Å²) >= 11 is 0. The maximum atomic E-state index is 12.8. The van der Waals surface area contributed by atoms with Crippen molar-refractivity contribution < 1.29 is 4.79 Å². The van der Waals surface area contributed by atoms with Crippen LogP contribution in [0.1, 0.15) is 36.2 Å². The summed E-state index contributed by atoms with van der Waals surface area (Å²) in [5.74, 6) is 0.0389. The molecule has 0 aliphatic carbocycles. The van der Waals surface area contributed by atoms with E-state index < -0.39 is 0 Å². The predicted molar refractivity (Wildman–Crippen MR) is 86.8 cm³/mol. The Morgan fingerprint density at radius 3 is 2.64 bits per heavy atom. The van der Waals surface area contributed by atoms with Gasteiger partial charge >= 0.3 is 0 Å². The molecule has 1 amide bonds. The molecule has 1 aromatic heterocycles. The summed E-state index contributed by atoms with van der Waals surface area (Å²) in [7, 11) is 1.93. The molecule has 1 aromatic carbocycles. The molecule has 0 radical (unpaired) electrons. The molecule has 2 aliphatic rings. The molecule has 2 unspecified atom stereocenters. The van der Waals surface area contributed by atoms with Crippen LogP contribution in [0.5, 0.6) is 0 Å². The standard InChI is InChI=1S/C18H21N3O/c1-21(15-10-13-7-8-14(11-15)19-13)18(22)17-9-6-12-4-2-3-5-16(12)20-17/h2-6,9,13-15,19H,7-8,10-11H2,1H3. The van der Waals surface area contributed by atoms with E-state index in [-0.39, 0.29) is 5.91 Å². The quantitative estimate of drug-likeness (QED) is 0.926. The van der Waals surface area contributed by atoms with Crippen LogP contribution in [0.3, 0.4) is 0 Å². The third-order valence-electron chi connectivity index (χ3n) is 5.13. The zero-order chi connectivity index (χ0) is 15.1. The summed E-state index contributed by atoms with van der Waals surface area (Å²) in [6.45, 7) is 0. The molecule has 2 saturated heterocycles. The number of amides is 1. The number of nitrogens with zero attached hydrogens (tertiary/aromatic N) is 2. The second-order valence-electron chi connectivity index (χ2n) is 6.57. The number of hydrogen-bond donors (Lipinski definition) is 1. The summed E-state index contributed by atoms with van der Waals surface area (Å²) in [6.07, 6.45) is 4.62. The molecular formula is C18H21N3O. The van der Waals surface area contributed by atoms with Crippen LogP contribution in [-0.4, -0.2) is 41.0 Å². The van der Waals surface area contributed by atoms with Crippen LogP contribution >= 0.6 is 0 Å². The maximum absolute atomic E-state index is 12.8. The monoisotopic (exact) mass is 295 g/mol. The minimum Gasteiger partial charge on any atom is -0.337 e. The molecule has 2 aliphatic heterocycles. The second kappa shape index (κ2) is 5.36. The van der Waals surface area contributed by atoms with E-state index in [4.69, 9.17) is 0 Å². The Balaban J connectivity index is 1.56. The Morgan fingerprint density at radius 2 is 1.86 bits per heavy atom. The van der Waals surface area contributed by atoms with Crippen molar-refractivity contribution in [3.63, 3.8) is 0 Å². The van der Waals surface area contributed by atoms with Crippen molar-refractivity contribution in [2.75, 3.05) is 7.05 Å². The van der Waals surface area contributed by atoms with Crippen LogP contribution in [-0.2, 0) is 0 Å². The molecule has 2 fully saturated rings. The van der Waals surface area contributed by atoms with Crippen molar-refractivity contribution in [2.24, 2.45) is 0 Å². The normalized spacial score (nSPS) is 27.0. The molecule has 22 heavy (non-hydrogen) atoms. The van der Waals surface area contributed by atoms with Gasteiger partial charge < -0.3 is 10.2 Å². The van der Waals surface area contributed by atoms with Gasteiger partial charge in [-0.25, -0.2) is 4.98 Å². The lowest BCUT2D eigenvalue weighted by atomic mass is 9.98. The Hall–Kier alpha value is -1.94. The molecule has 0 saturated carbocycles. The van der Waals surface area contributed by atoms with Crippen LogP contribution in [0.2, 0.25) is 0 Å². The summed E-state index contributed by atoms with van der Waals surface area (Å²) < 4.78 is 0. The molecular weight excluding hydrogens is 274 g/mol. The fourth-order valence-corrected chi connectivity index (χ4v) is 3.88. The van der Waals surface area contributed by atoms with Crippen LogP contribution in [0.15, 0.2) is 36.4 Å². The Kier molecular flexibility index (Phi) is 3.34. The summed E-state index contributed by atoms with van der Waals surface area (Å²) in [5.41, 5.74) is 1.43. The lowest BCUT2D eigenvalue weighted by Crippen LogP contribution is -2.48. The number of nitrogens with one attached hydrogen (secondary N) is 1. The molecule has 0 spiro atoms. The average molecular weight is 295 g/mol. The Morgan fingerprint density at radius 1 is 1.14 bits per heavy atom. The largest absolute Gasteiger partial charge is 0.337 e. The van der Waals surface area contributed by atoms with Crippen molar-refractivity contribution in [3.8, 4) is 0 Å². The van der Waals surface area contributed by atoms with Crippen molar-refractivity contribution in [3.05, 3.63) is 42.1 Å². The molecule has 2 bridgehead atoms. The second-order valence-corrected chi connectivity index (χ2v) is 6.57. The highest BCUT2D eigenvalue weighted by Gasteiger charge is 2.36. The molecule has 1 N–H and O–H groups in total. The summed E-state index contributed by atoms with van der Waals surface area (Å²) in [4.78, 5) is 19.2. The molecule has 3 heterocycles. The number of carbonyl (C=O) groups is 1. The van der Waals surface area contributed by atoms with Crippen LogP contribution in [0, 0.1) is 0 Å². The van der Waals surface area contributed by atoms with E-state index >= 15 is 0 Å². The first kappa shape index (κ1) is 13.7. The fourth-order valence-electron chi connectivity index (χ4n) is 3.88. The third kappa shape index (κ3) is 2.37. The number of hydrogen-bond acceptors (Lipinski definition) is 3. The van der Waals surface area contributed by atoms with Gasteiger partial charge in [0.1, 0.15) is 5.69 Å². The lowest BCUT2D eigenvalue weighted by Gasteiger charge is -2.35. The molecule has 2 aromatic rings. The summed E-state index contributed by atoms with van der Waals surface area (Å²) in [6, 6.07) is 13.3. The van der Waals surface area contributed by atoms with Crippen molar-refractivity contribution in [1.29, 1.82) is 0 Å². The molecule has 2 atom stereocenters. The van der Waals surface area contributed by atoms with Gasteiger partial charge in [0, 0.05) is 30.6 Å². The van der Waals surface area contributed by atoms with Gasteiger partial charge in [-0.2, -0.15) is 0 Å². The molecule has 4 nitrogen and oxygen atoms in total. The van der Waals surface area contributed by atoms with Gasteiger partial charge in [-0.15, -0.1) is 0 Å². The summed E-state index contributed by atoms with van der Waals surface area (Å²) in [5, 5.41) is 4.70. The third-order valence-corrected chi connectivity index (χ3v) is 5.13. The van der Waals surface area contributed by atoms with Gasteiger partial charge in [0.15, 0.2) is 0 Å². The lowest BCUT2D eigenvalue weighted by molar-refractivity contribution is 0.0676. The highest BCUT2D eigenvalue weighted by atomic mass is 16.2. The van der Waals surface area contributed by atoms with Gasteiger partial charge in [0.25, 0.3) is 5.91 Å². The van der Waals surface area contributed by atoms with Crippen molar-refractivity contribution in [2.45, 2.75) is 43.8 Å². The van der Waals surface area contributed by atoms with Crippen molar-refractivity contribution in [1.82, 2.24) is 15.2 Å². The maximum Gasteiger partial charge on any atom is 0.272 e. The zero-order valence-corrected chi connectivity index (χ0v) is 12.8. The van der Waals surface area contributed by atoms with E-state index in [0.29, 0.717) is 23.8 Å². The molecule has 114 valence electrons. The number of fused-ring (bicyclic) bond motifs is 3. The number of carbonyl (C=O) groups excluding carboxylic acids is 1. The molecule has 4 heteroatoms. The van der Waals surface area contributed by atoms with E-state index in [1.54, 1.807) is 0 Å². The van der Waals surface area contributed by atoms with Gasteiger partial charge in [-0.1, -0.05) is 24.3 Å². The minimum atomic E-state index is 0.0389.